The van der Waals surface area contributed by atoms with E-state index in [0.717, 1.165) is 36.8 Å². The minimum Gasteiger partial charge on any atom is -0.352 e. The SMILES string of the molecule is CC[C@H](C(=O)NC1CCCCC1)N(Cc1ccccc1Cl)C(=O)CCc1ccc(C(C)(C)C)cc1. The van der Waals surface area contributed by atoms with Crippen LogP contribution in [0.25, 0.3) is 0 Å². The fourth-order valence-electron chi connectivity index (χ4n) is 4.84. The van der Waals surface area contributed by atoms with Crippen LogP contribution in [0, 0.1) is 0 Å². The molecule has 0 heterocycles. The van der Waals surface area contributed by atoms with Crippen LogP contribution < -0.4 is 5.32 Å². The summed E-state index contributed by atoms with van der Waals surface area (Å²) in [6, 6.07) is 15.8. The minimum absolute atomic E-state index is 0.0181. The number of aryl methyl sites for hydroxylation is 1. The molecule has 0 bridgehead atoms. The maximum Gasteiger partial charge on any atom is 0.243 e. The molecule has 0 radical (unpaired) electrons. The Labute approximate surface area is 216 Å². The lowest BCUT2D eigenvalue weighted by Crippen LogP contribution is -2.51. The van der Waals surface area contributed by atoms with Gasteiger partial charge >= 0.3 is 0 Å². The van der Waals surface area contributed by atoms with Gasteiger partial charge in [-0.15, -0.1) is 0 Å². The number of carbonyl (C=O) groups excluding carboxylic acids is 2. The maximum absolute atomic E-state index is 13.6. The summed E-state index contributed by atoms with van der Waals surface area (Å²) in [4.78, 5) is 28.6. The third-order valence-corrected chi connectivity index (χ3v) is 7.45. The second-order valence-electron chi connectivity index (χ2n) is 10.8. The third-order valence-electron chi connectivity index (χ3n) is 7.08. The van der Waals surface area contributed by atoms with Gasteiger partial charge in [-0.2, -0.15) is 0 Å². The topological polar surface area (TPSA) is 49.4 Å². The quantitative estimate of drug-likeness (QED) is 0.413. The second-order valence-corrected chi connectivity index (χ2v) is 11.2. The normalized spacial score (nSPS) is 15.5. The molecular weight excluding hydrogens is 456 g/mol. The van der Waals surface area contributed by atoms with Crippen molar-refractivity contribution >= 4 is 23.4 Å². The van der Waals surface area contributed by atoms with Crippen LogP contribution >= 0.6 is 11.6 Å². The van der Waals surface area contributed by atoms with E-state index >= 15 is 0 Å². The number of hydrogen-bond acceptors (Lipinski definition) is 2. The zero-order valence-corrected chi connectivity index (χ0v) is 22.5. The largest absolute Gasteiger partial charge is 0.352 e. The van der Waals surface area contributed by atoms with Crippen molar-refractivity contribution in [2.45, 2.75) is 103 Å². The highest BCUT2D eigenvalue weighted by molar-refractivity contribution is 6.31. The highest BCUT2D eigenvalue weighted by atomic mass is 35.5. The molecule has 0 spiro atoms. The van der Waals surface area contributed by atoms with Gasteiger partial charge in [0.25, 0.3) is 0 Å². The van der Waals surface area contributed by atoms with Crippen LogP contribution in [-0.2, 0) is 28.0 Å². The first-order chi connectivity index (χ1) is 16.7. The Morgan fingerprint density at radius 2 is 1.69 bits per heavy atom. The van der Waals surface area contributed by atoms with E-state index in [4.69, 9.17) is 11.6 Å². The van der Waals surface area contributed by atoms with Gasteiger partial charge in [0.05, 0.1) is 0 Å². The summed E-state index contributed by atoms with van der Waals surface area (Å²) in [5.74, 6) is -0.0650. The molecule has 1 saturated carbocycles. The molecule has 0 unspecified atom stereocenters. The van der Waals surface area contributed by atoms with Crippen molar-refractivity contribution in [1.82, 2.24) is 10.2 Å². The van der Waals surface area contributed by atoms with E-state index in [2.05, 4.69) is 50.4 Å². The second kappa shape index (κ2) is 12.6. The molecule has 190 valence electrons. The Morgan fingerprint density at radius 3 is 2.29 bits per heavy atom. The predicted molar refractivity (Wildman–Crippen MR) is 145 cm³/mol. The summed E-state index contributed by atoms with van der Waals surface area (Å²) in [7, 11) is 0. The average molecular weight is 497 g/mol. The molecule has 1 aliphatic rings. The first-order valence-electron chi connectivity index (χ1n) is 13.1. The number of amides is 2. The van der Waals surface area contributed by atoms with Gasteiger partial charge in [-0.25, -0.2) is 0 Å². The molecule has 1 aliphatic carbocycles. The number of benzene rings is 2. The Kier molecular flexibility index (Phi) is 9.80. The first-order valence-corrected chi connectivity index (χ1v) is 13.5. The van der Waals surface area contributed by atoms with Gasteiger partial charge in [-0.05, 0) is 53.9 Å². The summed E-state index contributed by atoms with van der Waals surface area (Å²) in [5.41, 5.74) is 3.36. The number of carbonyl (C=O) groups is 2. The van der Waals surface area contributed by atoms with E-state index in [1.54, 1.807) is 4.90 Å². The van der Waals surface area contributed by atoms with Gasteiger partial charge in [-0.3, -0.25) is 9.59 Å². The summed E-state index contributed by atoms with van der Waals surface area (Å²) in [5, 5.41) is 3.85. The number of hydrogen-bond donors (Lipinski definition) is 1. The number of nitrogens with one attached hydrogen (secondary N) is 1. The van der Waals surface area contributed by atoms with Crippen molar-refractivity contribution in [3.05, 3.63) is 70.2 Å². The molecule has 0 aromatic heterocycles. The van der Waals surface area contributed by atoms with E-state index in [-0.39, 0.29) is 23.3 Å². The molecule has 1 N–H and O–H groups in total. The van der Waals surface area contributed by atoms with Crippen LogP contribution in [0.3, 0.4) is 0 Å². The lowest BCUT2D eigenvalue weighted by Gasteiger charge is -2.33. The van der Waals surface area contributed by atoms with Crippen molar-refractivity contribution in [3.63, 3.8) is 0 Å². The summed E-state index contributed by atoms with van der Waals surface area (Å²) in [6.07, 6.45) is 7.13. The van der Waals surface area contributed by atoms with Crippen molar-refractivity contribution in [1.29, 1.82) is 0 Å². The molecular formula is C30H41ClN2O2. The molecule has 0 saturated heterocycles. The van der Waals surface area contributed by atoms with Crippen molar-refractivity contribution in [3.8, 4) is 0 Å². The van der Waals surface area contributed by atoms with E-state index in [0.29, 0.717) is 30.8 Å². The molecule has 1 atom stereocenters. The molecule has 2 aromatic carbocycles. The predicted octanol–water partition coefficient (Wildman–Crippen LogP) is 6.83. The van der Waals surface area contributed by atoms with Gasteiger partial charge in [0.1, 0.15) is 6.04 Å². The number of rotatable bonds is 9. The monoisotopic (exact) mass is 496 g/mol. The van der Waals surface area contributed by atoms with Gasteiger partial charge < -0.3 is 10.2 Å². The Morgan fingerprint density at radius 1 is 1.03 bits per heavy atom. The van der Waals surface area contributed by atoms with Crippen LogP contribution in [0.4, 0.5) is 0 Å². The van der Waals surface area contributed by atoms with E-state index < -0.39 is 6.04 Å². The summed E-state index contributed by atoms with van der Waals surface area (Å²) < 4.78 is 0. The number of nitrogens with zero attached hydrogens (tertiary/aromatic N) is 1. The van der Waals surface area contributed by atoms with E-state index in [9.17, 15) is 9.59 Å². The molecule has 2 amide bonds. The minimum atomic E-state index is -0.510. The van der Waals surface area contributed by atoms with Crippen LogP contribution in [0.2, 0.25) is 5.02 Å². The summed E-state index contributed by atoms with van der Waals surface area (Å²) >= 11 is 6.44. The van der Waals surface area contributed by atoms with Crippen molar-refractivity contribution < 1.29 is 9.59 Å². The molecule has 35 heavy (non-hydrogen) atoms. The fraction of sp³-hybridized carbons (Fsp3) is 0.533. The van der Waals surface area contributed by atoms with Crippen LogP contribution in [0.5, 0.6) is 0 Å². The van der Waals surface area contributed by atoms with Crippen molar-refractivity contribution in [2.24, 2.45) is 0 Å². The van der Waals surface area contributed by atoms with Crippen LogP contribution in [0.15, 0.2) is 48.5 Å². The zero-order valence-electron chi connectivity index (χ0n) is 21.8. The van der Waals surface area contributed by atoms with Crippen LogP contribution in [-0.4, -0.2) is 28.8 Å². The molecule has 3 rings (SSSR count). The van der Waals surface area contributed by atoms with Gasteiger partial charge in [0, 0.05) is 24.0 Å². The van der Waals surface area contributed by atoms with Crippen molar-refractivity contribution in [2.75, 3.05) is 0 Å². The Bertz CT molecular complexity index is 975. The van der Waals surface area contributed by atoms with Crippen LogP contribution in [0.1, 0.15) is 89.3 Å². The standard InChI is InChI=1S/C30H41ClN2O2/c1-5-27(29(35)32-25-12-7-6-8-13-25)33(21-23-11-9-10-14-26(23)31)28(34)20-17-22-15-18-24(19-16-22)30(2,3)4/h9-11,14-16,18-19,25,27H,5-8,12-13,17,20-21H2,1-4H3,(H,32,35)/t27-/m1/s1. The fourth-order valence-corrected chi connectivity index (χ4v) is 5.04. The van der Waals surface area contributed by atoms with Gasteiger partial charge in [0.2, 0.25) is 11.8 Å². The third kappa shape index (κ3) is 7.83. The van der Waals surface area contributed by atoms with Gasteiger partial charge in [-0.1, -0.05) is 101 Å². The lowest BCUT2D eigenvalue weighted by atomic mass is 9.86. The molecule has 0 aliphatic heterocycles. The Hall–Kier alpha value is -2.33. The zero-order chi connectivity index (χ0) is 25.4. The maximum atomic E-state index is 13.6. The Balaban J connectivity index is 1.75. The summed E-state index contributed by atoms with van der Waals surface area (Å²) in [6.45, 7) is 8.89. The first kappa shape index (κ1) is 27.3. The highest BCUT2D eigenvalue weighted by Crippen LogP contribution is 2.24. The molecule has 1 fully saturated rings. The smallest absolute Gasteiger partial charge is 0.243 e. The molecule has 4 nitrogen and oxygen atoms in total. The average Bonchev–Trinajstić information content (AvgIpc) is 2.84. The highest BCUT2D eigenvalue weighted by Gasteiger charge is 2.30. The number of halogens is 1. The molecule has 5 heteroatoms. The molecule has 2 aromatic rings. The van der Waals surface area contributed by atoms with E-state index in [1.807, 2.05) is 31.2 Å². The van der Waals surface area contributed by atoms with Gasteiger partial charge in [0.15, 0.2) is 0 Å². The lowest BCUT2D eigenvalue weighted by molar-refractivity contribution is -0.141. The van der Waals surface area contributed by atoms with E-state index in [1.165, 1.54) is 12.0 Å².